The topological polar surface area (TPSA) is 231 Å². The zero-order chi connectivity index (χ0) is 33.1. The number of aromatic nitrogens is 5. The lowest BCUT2D eigenvalue weighted by atomic mass is 10.0. The van der Waals surface area contributed by atoms with Crippen LogP contribution in [0.3, 0.4) is 0 Å². The first kappa shape index (κ1) is 33.6. The van der Waals surface area contributed by atoms with E-state index in [4.69, 9.17) is 9.94 Å². The average Bonchev–Trinajstić information content (AvgIpc) is 3.61. The predicted molar refractivity (Wildman–Crippen MR) is 150 cm³/mol. The molecule has 45 heavy (non-hydrogen) atoms. The van der Waals surface area contributed by atoms with Crippen molar-refractivity contribution in [2.75, 3.05) is 16.8 Å². The first-order chi connectivity index (χ1) is 21.2. The maximum Gasteiger partial charge on any atom is 0.471 e. The highest BCUT2D eigenvalue weighted by Gasteiger charge is 2.54. The lowest BCUT2D eigenvalue weighted by Crippen LogP contribution is -2.71. The van der Waals surface area contributed by atoms with Gasteiger partial charge in [0.05, 0.1) is 13.0 Å². The summed E-state index contributed by atoms with van der Waals surface area (Å²) in [5.74, 6) is -6.22. The Bertz CT molecular complexity index is 1580. The van der Waals surface area contributed by atoms with E-state index in [1.165, 1.54) is 16.4 Å². The van der Waals surface area contributed by atoms with Crippen molar-refractivity contribution < 1.29 is 52.2 Å². The van der Waals surface area contributed by atoms with E-state index in [2.05, 4.69) is 31.0 Å². The standard InChI is InChI=1S/C22H22F3N9O8S3/c1-8(2)42-30-12(10-7-44-20(26-10)28-19(41)22(23,24)25)15(37)27-13-16(38)34-14(18(39)40)9(5-43-17(13)34)6-45-21-29-31-32-33(21)4-3-11(35)36/h7-8,13,17H,3-6H2,1-2H3,(H,27,37)(H,35,36)(H,39,40)(H,26,28,41)/t13?,17-/m1/s1. The van der Waals surface area contributed by atoms with Gasteiger partial charge in [0.1, 0.15) is 28.9 Å². The van der Waals surface area contributed by atoms with E-state index >= 15 is 0 Å². The van der Waals surface area contributed by atoms with Gasteiger partial charge in [0, 0.05) is 16.9 Å². The molecule has 2 aromatic heterocycles. The van der Waals surface area contributed by atoms with Gasteiger partial charge in [-0.3, -0.25) is 29.4 Å². The van der Waals surface area contributed by atoms with Crippen molar-refractivity contribution in [3.05, 3.63) is 22.3 Å². The molecule has 0 aromatic carbocycles. The predicted octanol–water partition coefficient (Wildman–Crippen LogP) is 0.765. The van der Waals surface area contributed by atoms with Crippen molar-refractivity contribution >= 4 is 75.4 Å². The molecule has 1 fully saturated rings. The SMILES string of the molecule is CC(C)ON=C(C(=O)NC1C(=O)N2C(C(=O)O)=C(CSc3nnnn3CCC(=O)O)CS[C@H]12)c1csc(NC(=O)C(F)(F)F)n1. The summed E-state index contributed by atoms with van der Waals surface area (Å²) in [4.78, 5) is 70.7. The number of nitrogens with one attached hydrogen (secondary N) is 2. The summed E-state index contributed by atoms with van der Waals surface area (Å²) >= 11 is 2.82. The lowest BCUT2D eigenvalue weighted by Gasteiger charge is -2.49. The van der Waals surface area contributed by atoms with E-state index in [-0.39, 0.29) is 41.0 Å². The molecule has 1 saturated heterocycles. The number of aliphatic carboxylic acids is 2. The molecule has 2 atom stereocenters. The van der Waals surface area contributed by atoms with Crippen LogP contribution in [-0.4, -0.2) is 111 Å². The highest BCUT2D eigenvalue weighted by atomic mass is 32.2. The van der Waals surface area contributed by atoms with Gasteiger partial charge in [0.25, 0.3) is 11.8 Å². The number of hydrogen-bond acceptors (Lipinski definition) is 14. The molecular formula is C22H22F3N9O8S3. The van der Waals surface area contributed by atoms with Gasteiger partial charge in [-0.1, -0.05) is 16.9 Å². The van der Waals surface area contributed by atoms with Crippen LogP contribution in [0.1, 0.15) is 26.0 Å². The van der Waals surface area contributed by atoms with Crippen molar-refractivity contribution in [2.24, 2.45) is 5.16 Å². The molecule has 0 radical (unpaired) electrons. The largest absolute Gasteiger partial charge is 0.481 e. The molecule has 4 heterocycles. The van der Waals surface area contributed by atoms with Gasteiger partial charge < -0.3 is 20.4 Å². The Kier molecular flexibility index (Phi) is 10.3. The molecule has 0 saturated carbocycles. The van der Waals surface area contributed by atoms with Crippen LogP contribution in [0.15, 0.2) is 27.0 Å². The third-order valence-electron chi connectivity index (χ3n) is 5.74. The minimum atomic E-state index is -5.17. The Labute approximate surface area is 262 Å². The quantitative estimate of drug-likeness (QED) is 0.0983. The molecular weight excluding hydrogens is 671 g/mol. The number of anilines is 1. The fourth-order valence-electron chi connectivity index (χ4n) is 3.77. The van der Waals surface area contributed by atoms with Gasteiger partial charge in [0.2, 0.25) is 5.16 Å². The molecule has 0 aliphatic carbocycles. The number of nitrogens with zero attached hydrogens (tertiary/aromatic N) is 7. The first-order valence-corrected chi connectivity index (χ1v) is 15.5. The number of β-lactam (4-membered cyclic amide) rings is 1. The Morgan fingerprint density at radius 1 is 1.27 bits per heavy atom. The van der Waals surface area contributed by atoms with E-state index in [1.54, 1.807) is 19.2 Å². The molecule has 2 aliphatic heterocycles. The van der Waals surface area contributed by atoms with Crippen molar-refractivity contribution in [3.8, 4) is 0 Å². The zero-order valence-electron chi connectivity index (χ0n) is 23.0. The van der Waals surface area contributed by atoms with E-state index < -0.39 is 64.2 Å². The van der Waals surface area contributed by atoms with Crippen molar-refractivity contribution in [1.82, 2.24) is 35.4 Å². The van der Waals surface area contributed by atoms with Gasteiger partial charge in [-0.15, -0.1) is 28.2 Å². The number of alkyl halides is 3. The van der Waals surface area contributed by atoms with Gasteiger partial charge in [-0.2, -0.15) is 13.2 Å². The van der Waals surface area contributed by atoms with Gasteiger partial charge in [-0.25, -0.2) is 14.5 Å². The number of fused-ring (bicyclic) bond motifs is 1. The Hall–Kier alpha value is -4.25. The molecule has 242 valence electrons. The lowest BCUT2D eigenvalue weighted by molar-refractivity contribution is -0.167. The van der Waals surface area contributed by atoms with E-state index in [0.29, 0.717) is 16.9 Å². The molecule has 1 unspecified atom stereocenters. The fourth-order valence-corrected chi connectivity index (χ4v) is 6.85. The fraction of sp³-hybridized carbons (Fsp3) is 0.455. The van der Waals surface area contributed by atoms with E-state index in [1.807, 2.05) is 0 Å². The number of hydrogen-bond donors (Lipinski definition) is 4. The van der Waals surface area contributed by atoms with Crippen LogP contribution in [0.4, 0.5) is 18.3 Å². The molecule has 0 bridgehead atoms. The summed E-state index contributed by atoms with van der Waals surface area (Å²) in [5, 5.41) is 37.8. The van der Waals surface area contributed by atoms with E-state index in [0.717, 1.165) is 22.0 Å². The second kappa shape index (κ2) is 13.8. The molecule has 0 spiro atoms. The molecule has 2 aliphatic rings. The number of carboxylic acid groups (broad SMARTS) is 2. The number of carbonyl (C=O) groups excluding carboxylic acids is 3. The second-order valence-corrected chi connectivity index (χ2v) is 12.2. The normalized spacial score (nSPS) is 18.4. The highest BCUT2D eigenvalue weighted by molar-refractivity contribution is 8.01. The summed E-state index contributed by atoms with van der Waals surface area (Å²) in [6.07, 6.45) is -5.93. The number of aryl methyl sites for hydroxylation is 1. The van der Waals surface area contributed by atoms with Crippen molar-refractivity contribution in [3.63, 3.8) is 0 Å². The Balaban J connectivity index is 1.47. The molecule has 3 amide bonds. The van der Waals surface area contributed by atoms with Crippen LogP contribution in [0.25, 0.3) is 0 Å². The molecule has 4 N–H and O–H groups in total. The van der Waals surface area contributed by atoms with Gasteiger partial charge in [0.15, 0.2) is 10.8 Å². The molecule has 17 nitrogen and oxygen atoms in total. The molecule has 4 rings (SSSR count). The third-order valence-corrected chi connectivity index (χ3v) is 8.88. The zero-order valence-corrected chi connectivity index (χ0v) is 25.4. The van der Waals surface area contributed by atoms with Crippen LogP contribution in [-0.2, 0) is 35.4 Å². The Morgan fingerprint density at radius 2 is 2.00 bits per heavy atom. The third kappa shape index (κ3) is 7.89. The second-order valence-electron chi connectivity index (χ2n) is 9.32. The number of thiazole rings is 1. The maximum absolute atomic E-state index is 13.2. The first-order valence-electron chi connectivity index (χ1n) is 12.6. The Morgan fingerprint density at radius 3 is 2.64 bits per heavy atom. The van der Waals surface area contributed by atoms with Crippen LogP contribution >= 0.6 is 34.9 Å². The number of rotatable bonds is 13. The number of carbonyl (C=O) groups is 5. The molecule has 23 heteroatoms. The average molecular weight is 694 g/mol. The highest BCUT2D eigenvalue weighted by Crippen LogP contribution is 2.41. The minimum Gasteiger partial charge on any atom is -0.481 e. The monoisotopic (exact) mass is 693 g/mol. The molecule has 2 aromatic rings. The number of amides is 3. The number of carboxylic acids is 2. The smallest absolute Gasteiger partial charge is 0.471 e. The number of thioether (sulfide) groups is 2. The van der Waals surface area contributed by atoms with Crippen LogP contribution in [0.2, 0.25) is 0 Å². The summed E-state index contributed by atoms with van der Waals surface area (Å²) in [6.45, 7) is 3.18. The number of halogens is 3. The van der Waals surface area contributed by atoms with Gasteiger partial charge in [-0.05, 0) is 29.8 Å². The number of tetrazole rings is 1. The van der Waals surface area contributed by atoms with Crippen LogP contribution in [0.5, 0.6) is 0 Å². The maximum atomic E-state index is 13.2. The minimum absolute atomic E-state index is 0.00375. The van der Waals surface area contributed by atoms with E-state index in [9.17, 15) is 42.3 Å². The van der Waals surface area contributed by atoms with Crippen molar-refractivity contribution in [2.45, 2.75) is 55.7 Å². The van der Waals surface area contributed by atoms with Gasteiger partial charge >= 0.3 is 24.0 Å². The van der Waals surface area contributed by atoms with Crippen molar-refractivity contribution in [1.29, 1.82) is 0 Å². The summed E-state index contributed by atoms with van der Waals surface area (Å²) in [5.41, 5.74) is -0.658. The summed E-state index contributed by atoms with van der Waals surface area (Å²) < 4.78 is 39.1. The van der Waals surface area contributed by atoms with Crippen LogP contribution < -0.4 is 10.6 Å². The number of oxime groups is 1. The van der Waals surface area contributed by atoms with Crippen LogP contribution in [0, 0.1) is 0 Å². The summed E-state index contributed by atoms with van der Waals surface area (Å²) in [6, 6.07) is -1.19. The summed E-state index contributed by atoms with van der Waals surface area (Å²) in [7, 11) is 0.